The van der Waals surface area contributed by atoms with Gasteiger partial charge in [0, 0.05) is 0 Å². The molecule has 0 bridgehead atoms. The number of rotatable bonds is 2. The first-order valence-electron chi connectivity index (χ1n) is 15.2. The molecule has 0 unspecified atom stereocenters. The van der Waals surface area contributed by atoms with Crippen molar-refractivity contribution in [2.75, 3.05) is 0 Å². The third-order valence-electron chi connectivity index (χ3n) is 9.21. The largest absolute Gasteiger partial charge is 0.458 e. The summed E-state index contributed by atoms with van der Waals surface area (Å²) in [6, 6.07) is 59.2. The zero-order valence-electron chi connectivity index (χ0n) is 24.1. The summed E-state index contributed by atoms with van der Waals surface area (Å²) in [7, 11) is 0. The van der Waals surface area contributed by atoms with Crippen LogP contribution in [0.15, 0.2) is 164 Å². The fourth-order valence-corrected chi connectivity index (χ4v) is 7.28. The van der Waals surface area contributed by atoms with Crippen LogP contribution in [0.5, 0.6) is 11.5 Å². The standard InChI is InChI=1S/C42H27BO/c1-2-14-28(15-3-1)29-16-10-11-23-38(29)43-39-24-12-13-25-41(39)44-42-27-37-35-22-9-7-20-33(35)31-18-5-4-17-30(31)32-19-6-8-21-34(32)36(37)26-40(42)43/h1-27H. The number of hydrogen-bond acceptors (Lipinski definition) is 1. The molecule has 1 nitrogen and oxygen atoms in total. The molecule has 0 radical (unpaired) electrons. The third kappa shape index (κ3) is 3.81. The van der Waals surface area contributed by atoms with Gasteiger partial charge in [0.25, 0.3) is 6.71 Å². The van der Waals surface area contributed by atoms with Gasteiger partial charge in [0.1, 0.15) is 11.5 Å². The van der Waals surface area contributed by atoms with Gasteiger partial charge in [-0.2, -0.15) is 0 Å². The highest BCUT2D eigenvalue weighted by atomic mass is 16.5. The Bertz CT molecular complexity index is 2210. The van der Waals surface area contributed by atoms with Gasteiger partial charge >= 0.3 is 0 Å². The minimum Gasteiger partial charge on any atom is -0.458 e. The topological polar surface area (TPSA) is 9.23 Å². The number of hydrogen-bond donors (Lipinski definition) is 0. The highest BCUT2D eigenvalue weighted by molar-refractivity contribution is 6.97. The average molecular weight is 558 g/mol. The maximum Gasteiger partial charge on any atom is 0.251 e. The van der Waals surface area contributed by atoms with Gasteiger partial charge in [0.2, 0.25) is 0 Å². The number of para-hydroxylation sites is 1. The minimum atomic E-state index is 0.0109. The summed E-state index contributed by atoms with van der Waals surface area (Å²) in [5.41, 5.74) is 16.0. The molecule has 0 saturated carbocycles. The van der Waals surface area contributed by atoms with E-state index in [0.717, 1.165) is 11.5 Å². The Kier molecular flexibility index (Phi) is 5.67. The SMILES string of the molecule is c1ccc(-c2ccccc2B2c3ccccc3Oc3cc4c(cc32)-c2ccccc2-c2ccccc2-c2ccccc2-4)cc1. The molecule has 0 saturated heterocycles. The van der Waals surface area contributed by atoms with Crippen molar-refractivity contribution in [3.05, 3.63) is 164 Å². The highest BCUT2D eigenvalue weighted by Crippen LogP contribution is 2.48. The summed E-state index contributed by atoms with van der Waals surface area (Å²) in [4.78, 5) is 0. The van der Waals surface area contributed by atoms with Crippen molar-refractivity contribution >= 4 is 23.1 Å². The van der Waals surface area contributed by atoms with Crippen LogP contribution in [0.2, 0.25) is 0 Å². The van der Waals surface area contributed by atoms with E-state index in [0.29, 0.717) is 0 Å². The van der Waals surface area contributed by atoms with Crippen molar-refractivity contribution in [1.29, 1.82) is 0 Å². The molecule has 2 aliphatic rings. The van der Waals surface area contributed by atoms with Gasteiger partial charge in [-0.25, -0.2) is 0 Å². The Morgan fingerprint density at radius 3 is 1.32 bits per heavy atom. The lowest BCUT2D eigenvalue weighted by Crippen LogP contribution is -2.55. The molecule has 0 spiro atoms. The van der Waals surface area contributed by atoms with E-state index in [4.69, 9.17) is 4.74 Å². The molecule has 0 aromatic heterocycles. The summed E-state index contributed by atoms with van der Waals surface area (Å²) in [6.07, 6.45) is 0. The normalized spacial score (nSPS) is 12.2. The van der Waals surface area contributed by atoms with Crippen LogP contribution in [0.4, 0.5) is 0 Å². The molecular formula is C42H27BO. The quantitative estimate of drug-likeness (QED) is 0.193. The Morgan fingerprint density at radius 2 is 0.727 bits per heavy atom. The van der Waals surface area contributed by atoms with E-state index in [1.54, 1.807) is 0 Å². The average Bonchev–Trinajstić information content (AvgIpc) is 3.10. The van der Waals surface area contributed by atoms with E-state index in [9.17, 15) is 0 Å². The first-order chi connectivity index (χ1) is 21.8. The van der Waals surface area contributed by atoms with Gasteiger partial charge in [-0.15, -0.1) is 0 Å². The van der Waals surface area contributed by atoms with Crippen molar-refractivity contribution in [1.82, 2.24) is 0 Å². The van der Waals surface area contributed by atoms with Gasteiger partial charge < -0.3 is 4.74 Å². The van der Waals surface area contributed by atoms with Gasteiger partial charge in [0.15, 0.2) is 0 Å². The van der Waals surface area contributed by atoms with Gasteiger partial charge in [-0.05, 0) is 78.7 Å². The Hall–Kier alpha value is -5.60. The minimum absolute atomic E-state index is 0.0109. The van der Waals surface area contributed by atoms with E-state index in [2.05, 4.69) is 164 Å². The molecule has 2 heteroatoms. The van der Waals surface area contributed by atoms with E-state index in [1.807, 2.05) is 0 Å². The maximum atomic E-state index is 6.79. The zero-order valence-corrected chi connectivity index (χ0v) is 24.1. The lowest BCUT2D eigenvalue weighted by molar-refractivity contribution is 0.488. The predicted molar refractivity (Wildman–Crippen MR) is 185 cm³/mol. The molecule has 7 aromatic carbocycles. The Morgan fingerprint density at radius 1 is 0.295 bits per heavy atom. The van der Waals surface area contributed by atoms with E-state index in [-0.39, 0.29) is 6.71 Å². The van der Waals surface area contributed by atoms with Crippen LogP contribution in [-0.2, 0) is 0 Å². The Labute approximate surface area is 258 Å². The van der Waals surface area contributed by atoms with E-state index >= 15 is 0 Å². The molecule has 9 rings (SSSR count). The first kappa shape index (κ1) is 25.0. The molecule has 1 heterocycles. The molecule has 204 valence electrons. The summed E-state index contributed by atoms with van der Waals surface area (Å²) < 4.78 is 6.79. The number of ether oxygens (including phenoxy) is 1. The Balaban J connectivity index is 1.37. The van der Waals surface area contributed by atoms with Crippen molar-refractivity contribution in [3.63, 3.8) is 0 Å². The van der Waals surface area contributed by atoms with Crippen molar-refractivity contribution < 1.29 is 4.74 Å². The monoisotopic (exact) mass is 558 g/mol. The van der Waals surface area contributed by atoms with Crippen LogP contribution in [0, 0.1) is 0 Å². The van der Waals surface area contributed by atoms with Crippen LogP contribution < -0.4 is 21.1 Å². The van der Waals surface area contributed by atoms with E-state index in [1.165, 1.54) is 72.0 Å². The molecule has 7 aromatic rings. The zero-order chi connectivity index (χ0) is 29.0. The van der Waals surface area contributed by atoms with Crippen molar-refractivity contribution in [2.45, 2.75) is 0 Å². The number of fused-ring (bicyclic) bond motifs is 10. The van der Waals surface area contributed by atoms with Crippen LogP contribution in [0.3, 0.4) is 0 Å². The van der Waals surface area contributed by atoms with Crippen molar-refractivity contribution in [3.8, 4) is 67.1 Å². The van der Waals surface area contributed by atoms with Crippen LogP contribution in [0.25, 0.3) is 55.6 Å². The van der Waals surface area contributed by atoms with E-state index < -0.39 is 0 Å². The summed E-state index contributed by atoms with van der Waals surface area (Å²) in [5.74, 6) is 1.83. The lowest BCUT2D eigenvalue weighted by atomic mass is 9.35. The maximum absolute atomic E-state index is 6.79. The first-order valence-corrected chi connectivity index (χ1v) is 15.2. The highest BCUT2D eigenvalue weighted by Gasteiger charge is 2.35. The van der Waals surface area contributed by atoms with Gasteiger partial charge in [-0.3, -0.25) is 0 Å². The van der Waals surface area contributed by atoms with Gasteiger partial charge in [-0.1, -0.05) is 157 Å². The van der Waals surface area contributed by atoms with Crippen LogP contribution in [-0.4, -0.2) is 6.71 Å². The van der Waals surface area contributed by atoms with Crippen molar-refractivity contribution in [2.24, 2.45) is 0 Å². The summed E-state index contributed by atoms with van der Waals surface area (Å²) in [5, 5.41) is 0. The fraction of sp³-hybridized carbons (Fsp3) is 0. The second kappa shape index (κ2) is 10.0. The van der Waals surface area contributed by atoms with Crippen LogP contribution >= 0.6 is 0 Å². The molecule has 44 heavy (non-hydrogen) atoms. The smallest absolute Gasteiger partial charge is 0.251 e. The molecule has 1 aliphatic carbocycles. The molecule has 0 amide bonds. The fourth-order valence-electron chi connectivity index (χ4n) is 7.28. The predicted octanol–water partition coefficient (Wildman–Crippen LogP) is 8.96. The lowest BCUT2D eigenvalue weighted by Gasteiger charge is -2.31. The van der Waals surface area contributed by atoms with Crippen LogP contribution in [0.1, 0.15) is 0 Å². The second-order valence-corrected chi connectivity index (χ2v) is 11.6. The molecule has 0 N–H and O–H groups in total. The molecule has 1 aliphatic heterocycles. The third-order valence-corrected chi connectivity index (χ3v) is 9.21. The molecule has 0 atom stereocenters. The van der Waals surface area contributed by atoms with Gasteiger partial charge in [0.05, 0.1) is 0 Å². The molecular weight excluding hydrogens is 531 g/mol. The summed E-state index contributed by atoms with van der Waals surface area (Å²) >= 11 is 0. The number of benzene rings is 7. The summed E-state index contributed by atoms with van der Waals surface area (Å²) in [6.45, 7) is 0.0109. The molecule has 0 fully saturated rings. The second-order valence-electron chi connectivity index (χ2n) is 11.6.